The highest BCUT2D eigenvalue weighted by Gasteiger charge is 2.17. The first kappa shape index (κ1) is 16.0. The largest absolute Gasteiger partial charge is 0.348 e. The Morgan fingerprint density at radius 2 is 1.92 bits per heavy atom. The first-order chi connectivity index (χ1) is 12.1. The van der Waals surface area contributed by atoms with Crippen LogP contribution in [-0.2, 0) is 0 Å². The highest BCUT2D eigenvalue weighted by atomic mass is 32.1. The zero-order chi connectivity index (χ0) is 17.4. The highest BCUT2D eigenvalue weighted by molar-refractivity contribution is 7.22. The lowest BCUT2D eigenvalue weighted by molar-refractivity contribution is 0.102. The maximum atomic E-state index is 13.7. The number of carbonyl (C=O) groups is 1. The molecule has 0 radical (unpaired) electrons. The Labute approximate surface area is 147 Å². The van der Waals surface area contributed by atoms with E-state index in [0.29, 0.717) is 5.69 Å². The number of nitrogens with one attached hydrogen (secondary N) is 1. The molecular formula is C18H15F2N3OS. The Bertz CT molecular complexity index is 951. The number of nitrogens with zero attached hydrogens (tertiary/aromatic N) is 2. The van der Waals surface area contributed by atoms with Gasteiger partial charge in [0.1, 0.15) is 11.6 Å². The van der Waals surface area contributed by atoms with Gasteiger partial charge >= 0.3 is 0 Å². The lowest BCUT2D eigenvalue weighted by atomic mass is 10.2. The Morgan fingerprint density at radius 3 is 2.72 bits per heavy atom. The lowest BCUT2D eigenvalue weighted by Crippen LogP contribution is -2.16. The molecule has 3 aromatic rings. The Morgan fingerprint density at radius 1 is 1.12 bits per heavy atom. The molecule has 0 unspecified atom stereocenters. The second-order valence-electron chi connectivity index (χ2n) is 5.95. The van der Waals surface area contributed by atoms with Gasteiger partial charge in [-0.3, -0.25) is 4.79 Å². The molecule has 1 fully saturated rings. The van der Waals surface area contributed by atoms with E-state index in [4.69, 9.17) is 0 Å². The van der Waals surface area contributed by atoms with Gasteiger partial charge in [0.05, 0.1) is 15.8 Å². The molecule has 4 rings (SSSR count). The van der Waals surface area contributed by atoms with Crippen molar-refractivity contribution in [2.75, 3.05) is 23.3 Å². The predicted octanol–water partition coefficient (Wildman–Crippen LogP) is 4.43. The average molecular weight is 359 g/mol. The highest BCUT2D eigenvalue weighted by Crippen LogP contribution is 2.32. The van der Waals surface area contributed by atoms with Crippen LogP contribution in [0.15, 0.2) is 36.4 Å². The summed E-state index contributed by atoms with van der Waals surface area (Å²) in [5, 5.41) is 3.60. The molecule has 0 aliphatic carbocycles. The van der Waals surface area contributed by atoms with Crippen LogP contribution in [0.1, 0.15) is 23.2 Å². The quantitative estimate of drug-likeness (QED) is 0.753. The maximum Gasteiger partial charge on any atom is 0.258 e. The smallest absolute Gasteiger partial charge is 0.258 e. The molecule has 1 saturated heterocycles. The monoisotopic (exact) mass is 359 g/mol. The third-order valence-electron chi connectivity index (χ3n) is 4.18. The fraction of sp³-hybridized carbons (Fsp3) is 0.222. The number of benzene rings is 2. The van der Waals surface area contributed by atoms with Crippen LogP contribution in [0.2, 0.25) is 0 Å². The van der Waals surface area contributed by atoms with Gasteiger partial charge in [0.25, 0.3) is 5.91 Å². The van der Waals surface area contributed by atoms with Crippen molar-refractivity contribution in [1.82, 2.24) is 4.98 Å². The van der Waals surface area contributed by atoms with Crippen LogP contribution in [-0.4, -0.2) is 24.0 Å². The van der Waals surface area contributed by atoms with Crippen LogP contribution in [0.4, 0.5) is 19.6 Å². The van der Waals surface area contributed by atoms with Crippen molar-refractivity contribution in [2.24, 2.45) is 0 Å². The number of thiazole rings is 1. The normalized spacial score (nSPS) is 14.2. The van der Waals surface area contributed by atoms with E-state index in [1.165, 1.54) is 12.8 Å². The molecule has 2 heterocycles. The summed E-state index contributed by atoms with van der Waals surface area (Å²) in [5.41, 5.74) is 1.07. The minimum absolute atomic E-state index is 0.317. The number of aromatic nitrogens is 1. The average Bonchev–Trinajstić information content (AvgIpc) is 3.25. The molecule has 1 aliphatic rings. The van der Waals surface area contributed by atoms with Crippen LogP contribution in [0.5, 0.6) is 0 Å². The number of rotatable bonds is 3. The summed E-state index contributed by atoms with van der Waals surface area (Å²) in [4.78, 5) is 19.1. The van der Waals surface area contributed by atoms with Gasteiger partial charge in [0.15, 0.2) is 5.13 Å². The summed E-state index contributed by atoms with van der Waals surface area (Å²) in [7, 11) is 0. The van der Waals surface area contributed by atoms with Crippen molar-refractivity contribution in [3.8, 4) is 0 Å². The minimum atomic E-state index is -0.755. The second kappa shape index (κ2) is 6.40. The summed E-state index contributed by atoms with van der Waals surface area (Å²) in [6, 6.07) is 8.16. The SMILES string of the molecule is O=C(Nc1ccc2nc(N3CCCC3)sc2c1)c1cc(F)ccc1F. The molecule has 2 aromatic carbocycles. The molecule has 0 atom stereocenters. The van der Waals surface area contributed by atoms with Crippen molar-refractivity contribution in [3.63, 3.8) is 0 Å². The molecule has 1 amide bonds. The fourth-order valence-electron chi connectivity index (χ4n) is 2.90. The number of carbonyl (C=O) groups excluding carboxylic acids is 1. The zero-order valence-electron chi connectivity index (χ0n) is 13.3. The van der Waals surface area contributed by atoms with Crippen LogP contribution in [0, 0.1) is 11.6 Å². The van der Waals surface area contributed by atoms with E-state index < -0.39 is 17.5 Å². The van der Waals surface area contributed by atoms with Gasteiger partial charge in [0, 0.05) is 18.8 Å². The van der Waals surface area contributed by atoms with E-state index in [9.17, 15) is 13.6 Å². The number of fused-ring (bicyclic) bond motifs is 1. The van der Waals surface area contributed by atoms with Crippen molar-refractivity contribution in [3.05, 3.63) is 53.6 Å². The van der Waals surface area contributed by atoms with Gasteiger partial charge in [-0.05, 0) is 49.2 Å². The standard InChI is InChI=1S/C18H15F2N3OS/c19-11-3-5-14(20)13(9-11)17(24)21-12-4-6-15-16(10-12)25-18(22-15)23-7-1-2-8-23/h3-6,9-10H,1-2,7-8H2,(H,21,24). The number of anilines is 2. The Kier molecular flexibility index (Phi) is 4.09. The zero-order valence-corrected chi connectivity index (χ0v) is 14.1. The molecule has 25 heavy (non-hydrogen) atoms. The number of hydrogen-bond acceptors (Lipinski definition) is 4. The molecule has 0 bridgehead atoms. The van der Waals surface area contributed by atoms with E-state index in [1.54, 1.807) is 17.4 Å². The Hall–Kier alpha value is -2.54. The van der Waals surface area contributed by atoms with Gasteiger partial charge in [0.2, 0.25) is 0 Å². The van der Waals surface area contributed by atoms with Gasteiger partial charge in [-0.1, -0.05) is 11.3 Å². The summed E-state index contributed by atoms with van der Waals surface area (Å²) >= 11 is 1.57. The van der Waals surface area contributed by atoms with Crippen LogP contribution in [0.3, 0.4) is 0 Å². The van der Waals surface area contributed by atoms with Gasteiger partial charge in [-0.25, -0.2) is 13.8 Å². The predicted molar refractivity (Wildman–Crippen MR) is 95.4 cm³/mol. The first-order valence-electron chi connectivity index (χ1n) is 8.02. The number of halogens is 2. The van der Waals surface area contributed by atoms with Crippen molar-refractivity contribution < 1.29 is 13.6 Å². The molecule has 128 valence electrons. The topological polar surface area (TPSA) is 45.2 Å². The first-order valence-corrected chi connectivity index (χ1v) is 8.84. The molecule has 1 N–H and O–H groups in total. The van der Waals surface area contributed by atoms with Crippen molar-refractivity contribution >= 4 is 38.3 Å². The molecule has 4 nitrogen and oxygen atoms in total. The summed E-state index contributed by atoms with van der Waals surface area (Å²) in [5.74, 6) is -2.09. The lowest BCUT2D eigenvalue weighted by Gasteiger charge is -2.11. The van der Waals surface area contributed by atoms with E-state index in [2.05, 4.69) is 15.2 Å². The van der Waals surface area contributed by atoms with Crippen LogP contribution in [0.25, 0.3) is 10.2 Å². The summed E-state index contributed by atoms with van der Waals surface area (Å²) in [6.45, 7) is 2.03. The van der Waals surface area contributed by atoms with E-state index in [1.807, 2.05) is 12.1 Å². The van der Waals surface area contributed by atoms with Crippen LogP contribution < -0.4 is 10.2 Å². The Balaban J connectivity index is 1.59. The number of amides is 1. The fourth-order valence-corrected chi connectivity index (χ4v) is 3.96. The molecule has 0 spiro atoms. The molecule has 1 aromatic heterocycles. The van der Waals surface area contributed by atoms with E-state index in [0.717, 1.165) is 46.6 Å². The minimum Gasteiger partial charge on any atom is -0.348 e. The third kappa shape index (κ3) is 3.19. The number of hydrogen-bond donors (Lipinski definition) is 1. The van der Waals surface area contributed by atoms with Gasteiger partial charge < -0.3 is 10.2 Å². The van der Waals surface area contributed by atoms with Gasteiger partial charge in [-0.2, -0.15) is 0 Å². The molecule has 0 saturated carbocycles. The third-order valence-corrected chi connectivity index (χ3v) is 5.26. The van der Waals surface area contributed by atoms with E-state index in [-0.39, 0.29) is 5.56 Å². The van der Waals surface area contributed by atoms with Crippen molar-refractivity contribution in [1.29, 1.82) is 0 Å². The summed E-state index contributed by atoms with van der Waals surface area (Å²) in [6.07, 6.45) is 2.35. The second-order valence-corrected chi connectivity index (χ2v) is 6.96. The van der Waals surface area contributed by atoms with E-state index >= 15 is 0 Å². The van der Waals surface area contributed by atoms with Gasteiger partial charge in [-0.15, -0.1) is 0 Å². The molecular weight excluding hydrogens is 344 g/mol. The molecule has 7 heteroatoms. The van der Waals surface area contributed by atoms with Crippen molar-refractivity contribution in [2.45, 2.75) is 12.8 Å². The van der Waals surface area contributed by atoms with Crippen LogP contribution >= 0.6 is 11.3 Å². The maximum absolute atomic E-state index is 13.7. The summed E-state index contributed by atoms with van der Waals surface area (Å²) < 4.78 is 27.9. The molecule has 1 aliphatic heterocycles.